The second kappa shape index (κ2) is 13.6. The van der Waals surface area contributed by atoms with Crippen molar-refractivity contribution < 1.29 is 23.4 Å². The summed E-state index contributed by atoms with van der Waals surface area (Å²) in [5.74, 6) is 0. The zero-order valence-electron chi connectivity index (χ0n) is 28.1. The van der Waals surface area contributed by atoms with Crippen LogP contribution in [-0.2, 0) is 18.3 Å². The lowest BCUT2D eigenvalue weighted by Crippen LogP contribution is -2.69. The molecule has 5 atom stereocenters. The Labute approximate surface area is 268 Å². The van der Waals surface area contributed by atoms with E-state index in [0.29, 0.717) is 13.0 Å². The van der Waals surface area contributed by atoms with Gasteiger partial charge in [0.05, 0.1) is 6.10 Å². The summed E-state index contributed by atoms with van der Waals surface area (Å²) in [4.78, 5) is 27.2. The van der Waals surface area contributed by atoms with Gasteiger partial charge < -0.3 is 23.4 Å². The molecule has 1 unspecified atom stereocenters. The molecule has 0 radical (unpaired) electrons. The Morgan fingerprint density at radius 2 is 1.44 bits per heavy atom. The molecule has 0 amide bonds. The van der Waals surface area contributed by atoms with Crippen molar-refractivity contribution in [1.29, 1.82) is 0 Å². The molecule has 1 aliphatic rings. The highest BCUT2D eigenvalue weighted by atomic mass is 28.4. The molecule has 2 N–H and O–H groups in total. The van der Waals surface area contributed by atoms with Crippen molar-refractivity contribution in [3.63, 3.8) is 0 Å². The number of H-pyrrole nitrogens is 1. The summed E-state index contributed by atoms with van der Waals surface area (Å²) in [5, 5.41) is 13.6. The lowest BCUT2D eigenvalue weighted by molar-refractivity contribution is -0.0904. The predicted molar refractivity (Wildman–Crippen MR) is 182 cm³/mol. The largest absolute Gasteiger partial charge is 0.417 e. The van der Waals surface area contributed by atoms with Crippen LogP contribution in [0.15, 0.2) is 82.5 Å². The van der Waals surface area contributed by atoms with Gasteiger partial charge in [0.25, 0.3) is 13.9 Å². The highest BCUT2D eigenvalue weighted by molar-refractivity contribution is 6.99. The van der Waals surface area contributed by atoms with Gasteiger partial charge >= 0.3 is 5.69 Å². The van der Waals surface area contributed by atoms with E-state index in [-0.39, 0.29) is 10.1 Å². The Balaban J connectivity index is 1.82. The molecular weight excluding hydrogens is 605 g/mol. The van der Waals surface area contributed by atoms with Crippen molar-refractivity contribution in [2.45, 2.75) is 102 Å². The van der Waals surface area contributed by atoms with E-state index < -0.39 is 58.5 Å². The van der Waals surface area contributed by atoms with Crippen LogP contribution in [0, 0.1) is 0 Å². The van der Waals surface area contributed by atoms with Gasteiger partial charge in [0.15, 0.2) is 14.5 Å². The molecule has 1 aliphatic heterocycles. The van der Waals surface area contributed by atoms with Crippen molar-refractivity contribution in [2.75, 3.05) is 13.7 Å². The van der Waals surface area contributed by atoms with Gasteiger partial charge in [-0.25, -0.2) is 4.79 Å². The molecule has 0 saturated carbocycles. The number of aromatic nitrogens is 2. The van der Waals surface area contributed by atoms with E-state index in [1.54, 1.807) is 7.11 Å². The van der Waals surface area contributed by atoms with Crippen LogP contribution < -0.4 is 21.6 Å². The van der Waals surface area contributed by atoms with Crippen molar-refractivity contribution in [3.05, 3.63) is 93.8 Å². The number of nitrogens with one attached hydrogen (secondary N) is 1. The van der Waals surface area contributed by atoms with Crippen LogP contribution in [0.5, 0.6) is 0 Å². The number of aliphatic hydroxyl groups excluding tert-OH is 1. The van der Waals surface area contributed by atoms with Gasteiger partial charge in [0, 0.05) is 26.0 Å². The van der Waals surface area contributed by atoms with Crippen LogP contribution in [0.3, 0.4) is 0 Å². The van der Waals surface area contributed by atoms with Gasteiger partial charge in [-0.3, -0.25) is 14.3 Å². The first-order valence-corrected chi connectivity index (χ1v) is 20.5. The lowest BCUT2D eigenvalue weighted by Gasteiger charge is -2.46. The van der Waals surface area contributed by atoms with Gasteiger partial charge in [0.1, 0.15) is 18.3 Å². The second-order valence-electron chi connectivity index (χ2n) is 14.4. The lowest BCUT2D eigenvalue weighted by atomic mass is 10.0. The average Bonchev–Trinajstić information content (AvgIpc) is 3.33. The maximum absolute atomic E-state index is 13.0. The number of nitrogens with zero attached hydrogens (tertiary/aromatic N) is 1. The standard InChI is InChI=1S/C34H50N2O7Si2/c1-33(2,3)44(8,9)41-23-21-26(37)28-29(30(40-7)31(42-28)36-22-20-27(38)35-32(36)39)43-45(34(4,5)6,24-16-12-10-13-17-24)25-18-14-11-15-19-25/h10-20,22,26,28-31,37H,21,23H2,1-9H3,(H,35,38,39)/t26?,28-,29-,30-,31-/m1/s1. The van der Waals surface area contributed by atoms with Crippen LogP contribution in [0.2, 0.25) is 23.2 Å². The summed E-state index contributed by atoms with van der Waals surface area (Å²) in [5.41, 5.74) is -1.14. The van der Waals surface area contributed by atoms with Crippen LogP contribution in [0.25, 0.3) is 0 Å². The molecule has 0 aliphatic carbocycles. The zero-order chi connectivity index (χ0) is 33.2. The summed E-state index contributed by atoms with van der Waals surface area (Å²) in [6.07, 6.45) is -2.65. The number of aromatic amines is 1. The number of ether oxygens (including phenoxy) is 2. The molecule has 246 valence electrons. The molecule has 9 nitrogen and oxygen atoms in total. The number of benzene rings is 2. The first-order valence-electron chi connectivity index (χ1n) is 15.6. The van der Waals surface area contributed by atoms with E-state index >= 15 is 0 Å². The molecule has 4 rings (SSSR count). The quantitative estimate of drug-likeness (QED) is 0.299. The van der Waals surface area contributed by atoms with Gasteiger partial charge in [-0.15, -0.1) is 0 Å². The summed E-state index contributed by atoms with van der Waals surface area (Å²) in [6, 6.07) is 21.7. The number of hydrogen-bond donors (Lipinski definition) is 2. The number of methoxy groups -OCH3 is 1. The fraction of sp³-hybridized carbons (Fsp3) is 0.529. The number of aliphatic hydroxyl groups is 1. The third kappa shape index (κ3) is 7.19. The minimum absolute atomic E-state index is 0.0222. The normalized spacial score (nSPS) is 22.0. The first-order chi connectivity index (χ1) is 21.0. The van der Waals surface area contributed by atoms with Gasteiger partial charge in [-0.1, -0.05) is 102 Å². The number of hydrogen-bond acceptors (Lipinski definition) is 7. The van der Waals surface area contributed by atoms with Crippen LogP contribution >= 0.6 is 0 Å². The molecule has 0 spiro atoms. The van der Waals surface area contributed by atoms with Crippen molar-refractivity contribution in [3.8, 4) is 0 Å². The minimum Gasteiger partial charge on any atom is -0.417 e. The maximum atomic E-state index is 13.0. The van der Waals surface area contributed by atoms with E-state index in [9.17, 15) is 14.7 Å². The SMILES string of the molecule is CO[C@@H]1[C@H](O[Si](c2ccccc2)(c2ccccc2)C(C)(C)C)[C@@H](C(O)CCO[Si](C)(C)C(C)(C)C)O[C@H]1n1ccc(=O)[nH]c1=O. The van der Waals surface area contributed by atoms with Gasteiger partial charge in [0.2, 0.25) is 0 Å². The third-order valence-electron chi connectivity index (χ3n) is 9.41. The smallest absolute Gasteiger partial charge is 0.330 e. The van der Waals surface area contributed by atoms with E-state index in [1.807, 2.05) is 36.4 Å². The predicted octanol–water partition coefficient (Wildman–Crippen LogP) is 4.17. The first kappa shape index (κ1) is 35.2. The molecule has 1 aromatic heterocycles. The van der Waals surface area contributed by atoms with Crippen LogP contribution in [-0.4, -0.2) is 69.4 Å². The van der Waals surface area contributed by atoms with Crippen molar-refractivity contribution in [1.82, 2.24) is 9.55 Å². The summed E-state index contributed by atoms with van der Waals surface area (Å²) in [7, 11) is -3.65. The second-order valence-corrected chi connectivity index (χ2v) is 23.5. The van der Waals surface area contributed by atoms with Gasteiger partial charge in [-0.2, -0.15) is 0 Å². The topological polar surface area (TPSA) is 112 Å². The Bertz CT molecular complexity index is 1470. The van der Waals surface area contributed by atoms with Crippen LogP contribution in [0.1, 0.15) is 54.2 Å². The Hall–Kier alpha value is -2.65. The zero-order valence-corrected chi connectivity index (χ0v) is 30.1. The number of rotatable bonds is 11. The van der Waals surface area contributed by atoms with E-state index in [1.165, 1.54) is 16.8 Å². The summed E-state index contributed by atoms with van der Waals surface area (Å²) >= 11 is 0. The van der Waals surface area contributed by atoms with Gasteiger partial charge in [-0.05, 0) is 40.0 Å². The molecule has 0 bridgehead atoms. The summed E-state index contributed by atoms with van der Waals surface area (Å²) < 4.78 is 27.8. The highest BCUT2D eigenvalue weighted by Gasteiger charge is 2.58. The Morgan fingerprint density at radius 3 is 1.91 bits per heavy atom. The maximum Gasteiger partial charge on any atom is 0.330 e. The Morgan fingerprint density at radius 1 is 0.889 bits per heavy atom. The molecule has 11 heteroatoms. The molecular formula is C34H50N2O7Si2. The molecule has 3 aromatic rings. The minimum atomic E-state index is -3.14. The molecule has 45 heavy (non-hydrogen) atoms. The van der Waals surface area contributed by atoms with Crippen molar-refractivity contribution in [2.24, 2.45) is 0 Å². The molecule has 1 saturated heterocycles. The summed E-state index contributed by atoms with van der Waals surface area (Å²) in [6.45, 7) is 17.8. The monoisotopic (exact) mass is 654 g/mol. The average molecular weight is 655 g/mol. The van der Waals surface area contributed by atoms with E-state index in [2.05, 4.69) is 83.9 Å². The molecule has 1 fully saturated rings. The van der Waals surface area contributed by atoms with E-state index in [4.69, 9.17) is 18.3 Å². The molecule has 2 aromatic carbocycles. The molecule has 2 heterocycles. The third-order valence-corrected chi connectivity index (χ3v) is 19.0. The highest BCUT2D eigenvalue weighted by Crippen LogP contribution is 2.43. The van der Waals surface area contributed by atoms with E-state index in [0.717, 1.165) is 10.4 Å². The Kier molecular flexibility index (Phi) is 10.6. The fourth-order valence-electron chi connectivity index (χ4n) is 5.92. The van der Waals surface area contributed by atoms with Crippen molar-refractivity contribution >= 4 is 27.0 Å². The fourth-order valence-corrected chi connectivity index (χ4v) is 11.7. The van der Waals surface area contributed by atoms with Crippen LogP contribution in [0.4, 0.5) is 0 Å².